The van der Waals surface area contributed by atoms with Crippen molar-refractivity contribution in [2.75, 3.05) is 13.7 Å². The number of carbonyl (C=O) groups excluding carboxylic acids is 1. The molecule has 0 fully saturated rings. The van der Waals surface area contributed by atoms with Gasteiger partial charge in [0.25, 0.3) is 0 Å². The minimum atomic E-state index is -0.451. The highest BCUT2D eigenvalue weighted by Crippen LogP contribution is 2.13. The summed E-state index contributed by atoms with van der Waals surface area (Å²) in [7, 11) is 1.63. The van der Waals surface area contributed by atoms with Gasteiger partial charge in [-0.2, -0.15) is 0 Å². The summed E-state index contributed by atoms with van der Waals surface area (Å²) in [6, 6.07) is 7.23. The molecule has 0 saturated carbocycles. The molecule has 0 aliphatic carbocycles. The Kier molecular flexibility index (Phi) is 7.39. The third-order valence-corrected chi connectivity index (χ3v) is 2.62. The maximum Gasteiger partial charge on any atom is 0.239 e. The molecule has 0 aromatic heterocycles. The van der Waals surface area contributed by atoms with Gasteiger partial charge < -0.3 is 15.4 Å². The van der Waals surface area contributed by atoms with Gasteiger partial charge in [0.2, 0.25) is 5.91 Å². The number of carbonyl (C=O) groups is 1. The summed E-state index contributed by atoms with van der Waals surface area (Å²) in [6.45, 7) is 4.90. The molecule has 102 valence electrons. The van der Waals surface area contributed by atoms with Gasteiger partial charge in [-0.15, -0.1) is 12.4 Å². The van der Waals surface area contributed by atoms with E-state index in [1.54, 1.807) is 18.9 Å². The molecule has 1 atom stereocenters. The lowest BCUT2D eigenvalue weighted by molar-refractivity contribution is -0.132. The van der Waals surface area contributed by atoms with Crippen molar-refractivity contribution in [1.29, 1.82) is 0 Å². The molecule has 1 aromatic carbocycles. The number of rotatable bonds is 5. The van der Waals surface area contributed by atoms with Crippen molar-refractivity contribution in [1.82, 2.24) is 4.90 Å². The average Bonchev–Trinajstić information content (AvgIpc) is 2.35. The van der Waals surface area contributed by atoms with Gasteiger partial charge >= 0.3 is 0 Å². The van der Waals surface area contributed by atoms with Crippen LogP contribution in [-0.2, 0) is 11.3 Å². The lowest BCUT2D eigenvalue weighted by Crippen LogP contribution is -2.41. The summed E-state index contributed by atoms with van der Waals surface area (Å²) in [5.41, 5.74) is 6.67. The van der Waals surface area contributed by atoms with Gasteiger partial charge in [-0.3, -0.25) is 4.79 Å². The maximum atomic E-state index is 11.8. The number of likely N-dealkylation sites (N-methyl/N-ethyl adjacent to an activating group) is 1. The van der Waals surface area contributed by atoms with Crippen molar-refractivity contribution < 1.29 is 9.53 Å². The van der Waals surface area contributed by atoms with E-state index in [1.807, 2.05) is 31.2 Å². The van der Waals surface area contributed by atoms with Crippen LogP contribution in [0.15, 0.2) is 24.3 Å². The molecule has 1 amide bonds. The van der Waals surface area contributed by atoms with Crippen LogP contribution in [0.5, 0.6) is 5.75 Å². The van der Waals surface area contributed by atoms with Crippen LogP contribution in [0.3, 0.4) is 0 Å². The van der Waals surface area contributed by atoms with E-state index >= 15 is 0 Å². The van der Waals surface area contributed by atoms with Crippen molar-refractivity contribution in [2.24, 2.45) is 5.73 Å². The number of halogens is 1. The summed E-state index contributed by atoms with van der Waals surface area (Å²) in [4.78, 5) is 13.5. The van der Waals surface area contributed by atoms with Crippen molar-refractivity contribution in [3.8, 4) is 5.75 Å². The standard InChI is InChI=1S/C13H20N2O2.ClH/c1-4-15(13(16)10(2)14)9-11-5-7-12(17-3)8-6-11;/h5-8,10H,4,9,14H2,1-3H3;1H/t10-;/m0./s1. The van der Waals surface area contributed by atoms with Gasteiger partial charge in [-0.05, 0) is 31.5 Å². The quantitative estimate of drug-likeness (QED) is 0.889. The van der Waals surface area contributed by atoms with Gasteiger partial charge in [0.1, 0.15) is 5.75 Å². The summed E-state index contributed by atoms with van der Waals surface area (Å²) >= 11 is 0. The second-order valence-electron chi connectivity index (χ2n) is 3.99. The molecule has 0 aliphatic rings. The molecule has 0 aliphatic heterocycles. The van der Waals surface area contributed by atoms with E-state index in [2.05, 4.69) is 0 Å². The second kappa shape index (κ2) is 7.95. The van der Waals surface area contributed by atoms with Crippen molar-refractivity contribution in [3.05, 3.63) is 29.8 Å². The Morgan fingerprint density at radius 2 is 1.94 bits per heavy atom. The molecule has 0 spiro atoms. The molecular weight excluding hydrogens is 252 g/mol. The highest BCUT2D eigenvalue weighted by atomic mass is 35.5. The Morgan fingerprint density at radius 1 is 1.39 bits per heavy atom. The number of methoxy groups -OCH3 is 1. The van der Waals surface area contributed by atoms with E-state index in [0.717, 1.165) is 11.3 Å². The maximum absolute atomic E-state index is 11.8. The van der Waals surface area contributed by atoms with Crippen LogP contribution in [0.25, 0.3) is 0 Å². The van der Waals surface area contributed by atoms with Crippen molar-refractivity contribution in [2.45, 2.75) is 26.4 Å². The summed E-state index contributed by atoms with van der Waals surface area (Å²) in [6.07, 6.45) is 0. The van der Waals surface area contributed by atoms with Gasteiger partial charge in [0, 0.05) is 13.1 Å². The minimum Gasteiger partial charge on any atom is -0.497 e. The number of nitrogens with two attached hydrogens (primary N) is 1. The van der Waals surface area contributed by atoms with Crippen LogP contribution >= 0.6 is 12.4 Å². The molecular formula is C13H21ClN2O2. The van der Waals surface area contributed by atoms with E-state index in [1.165, 1.54) is 0 Å². The lowest BCUT2D eigenvalue weighted by Gasteiger charge is -2.22. The topological polar surface area (TPSA) is 55.6 Å². The Bertz CT molecular complexity index is 366. The number of benzene rings is 1. The van der Waals surface area contributed by atoms with Crippen molar-refractivity contribution >= 4 is 18.3 Å². The Balaban J connectivity index is 0.00000289. The first-order valence-electron chi connectivity index (χ1n) is 5.75. The SMILES string of the molecule is CCN(Cc1ccc(OC)cc1)C(=O)[C@H](C)N.Cl. The summed E-state index contributed by atoms with van der Waals surface area (Å²) < 4.78 is 5.09. The summed E-state index contributed by atoms with van der Waals surface area (Å²) in [5.74, 6) is 0.790. The molecule has 0 radical (unpaired) electrons. The first-order valence-corrected chi connectivity index (χ1v) is 5.75. The number of hydrogen-bond donors (Lipinski definition) is 1. The second-order valence-corrected chi connectivity index (χ2v) is 3.99. The van der Waals surface area contributed by atoms with E-state index < -0.39 is 6.04 Å². The zero-order chi connectivity index (χ0) is 12.8. The smallest absolute Gasteiger partial charge is 0.239 e. The number of nitrogens with zero attached hydrogens (tertiary/aromatic N) is 1. The fourth-order valence-electron chi connectivity index (χ4n) is 1.58. The molecule has 18 heavy (non-hydrogen) atoms. The Hall–Kier alpha value is -1.26. The van der Waals surface area contributed by atoms with Crippen LogP contribution in [0.1, 0.15) is 19.4 Å². The lowest BCUT2D eigenvalue weighted by atomic mass is 10.2. The van der Waals surface area contributed by atoms with E-state index in [-0.39, 0.29) is 18.3 Å². The number of amides is 1. The molecule has 0 unspecified atom stereocenters. The molecule has 0 saturated heterocycles. The largest absolute Gasteiger partial charge is 0.497 e. The Morgan fingerprint density at radius 3 is 2.33 bits per heavy atom. The molecule has 2 N–H and O–H groups in total. The minimum absolute atomic E-state index is 0. The fourth-order valence-corrected chi connectivity index (χ4v) is 1.58. The fraction of sp³-hybridized carbons (Fsp3) is 0.462. The Labute approximate surface area is 115 Å². The monoisotopic (exact) mass is 272 g/mol. The van der Waals surface area contributed by atoms with Gasteiger partial charge in [-0.25, -0.2) is 0 Å². The van der Waals surface area contributed by atoms with Crippen LogP contribution in [0.2, 0.25) is 0 Å². The zero-order valence-electron chi connectivity index (χ0n) is 11.1. The van der Waals surface area contributed by atoms with Gasteiger partial charge in [0.15, 0.2) is 0 Å². The molecule has 0 bridgehead atoms. The van der Waals surface area contributed by atoms with Crippen LogP contribution < -0.4 is 10.5 Å². The van der Waals surface area contributed by atoms with Crippen LogP contribution in [0, 0.1) is 0 Å². The van der Waals surface area contributed by atoms with E-state index in [4.69, 9.17) is 10.5 Å². The molecule has 1 rings (SSSR count). The average molecular weight is 273 g/mol. The zero-order valence-corrected chi connectivity index (χ0v) is 11.9. The molecule has 5 heteroatoms. The third kappa shape index (κ3) is 4.55. The highest BCUT2D eigenvalue weighted by molar-refractivity contribution is 5.85. The van der Waals surface area contributed by atoms with Crippen molar-refractivity contribution in [3.63, 3.8) is 0 Å². The van der Waals surface area contributed by atoms with E-state index in [9.17, 15) is 4.79 Å². The third-order valence-electron chi connectivity index (χ3n) is 2.62. The van der Waals surface area contributed by atoms with E-state index in [0.29, 0.717) is 13.1 Å². The van der Waals surface area contributed by atoms with Crippen LogP contribution in [0.4, 0.5) is 0 Å². The molecule has 1 aromatic rings. The van der Waals surface area contributed by atoms with Gasteiger partial charge in [-0.1, -0.05) is 12.1 Å². The highest BCUT2D eigenvalue weighted by Gasteiger charge is 2.15. The summed E-state index contributed by atoms with van der Waals surface area (Å²) in [5, 5.41) is 0. The van der Waals surface area contributed by atoms with Gasteiger partial charge in [0.05, 0.1) is 13.2 Å². The number of hydrogen-bond acceptors (Lipinski definition) is 3. The first kappa shape index (κ1) is 16.7. The predicted molar refractivity (Wildman–Crippen MR) is 75.0 cm³/mol. The molecule has 4 nitrogen and oxygen atoms in total. The normalized spacial score (nSPS) is 11.3. The van der Waals surface area contributed by atoms with Crippen LogP contribution in [-0.4, -0.2) is 30.5 Å². The number of ether oxygens (including phenoxy) is 1. The first-order chi connectivity index (χ1) is 8.08. The predicted octanol–water partition coefficient (Wildman–Crippen LogP) is 1.81. The molecule has 0 heterocycles.